The van der Waals surface area contributed by atoms with E-state index in [1.165, 1.54) is 28.4 Å². The fourth-order valence-corrected chi connectivity index (χ4v) is 5.28. The number of carbonyl (C=O) groups excluding carboxylic acids is 1. The van der Waals surface area contributed by atoms with Gasteiger partial charge >= 0.3 is 0 Å². The lowest BCUT2D eigenvalue weighted by Crippen LogP contribution is -2.35. The highest BCUT2D eigenvalue weighted by molar-refractivity contribution is 7.92. The first kappa shape index (κ1) is 21.0. The number of amides is 1. The Morgan fingerprint density at radius 2 is 1.81 bits per heavy atom. The van der Waals surface area contributed by atoms with E-state index >= 15 is 0 Å². The van der Waals surface area contributed by atoms with Crippen LogP contribution in [0.15, 0.2) is 77.8 Å². The molecule has 0 fully saturated rings. The lowest BCUT2D eigenvalue weighted by Gasteiger charge is -2.19. The summed E-state index contributed by atoms with van der Waals surface area (Å²) in [5.74, 6) is -0.661. The maximum atomic E-state index is 13.2. The van der Waals surface area contributed by atoms with Crippen molar-refractivity contribution in [1.29, 1.82) is 0 Å². The zero-order valence-electron chi connectivity index (χ0n) is 16.6. The van der Waals surface area contributed by atoms with E-state index in [2.05, 4.69) is 9.97 Å². The van der Waals surface area contributed by atoms with Gasteiger partial charge < -0.3 is 4.74 Å². The highest BCUT2D eigenvalue weighted by Crippen LogP contribution is 2.34. The molecule has 1 amide bonds. The molecule has 0 unspecified atom stereocenters. The van der Waals surface area contributed by atoms with Crippen molar-refractivity contribution >= 4 is 42.4 Å². The van der Waals surface area contributed by atoms with Gasteiger partial charge in [-0.3, -0.25) is 14.7 Å². The van der Waals surface area contributed by atoms with Gasteiger partial charge in [0.05, 0.1) is 28.9 Å². The molecule has 0 atom stereocenters. The molecule has 0 bridgehead atoms. The van der Waals surface area contributed by atoms with Gasteiger partial charge in [0.25, 0.3) is 0 Å². The van der Waals surface area contributed by atoms with Crippen LogP contribution in [0, 0.1) is 0 Å². The van der Waals surface area contributed by atoms with Crippen LogP contribution < -0.4 is 9.64 Å². The summed E-state index contributed by atoms with van der Waals surface area (Å²) < 4.78 is 31.8. The van der Waals surface area contributed by atoms with Gasteiger partial charge in [-0.25, -0.2) is 13.4 Å². The number of hydrogen-bond donors (Lipinski definition) is 0. The molecule has 2 heterocycles. The minimum atomic E-state index is -3.81. The number of hydrogen-bond acceptors (Lipinski definition) is 7. The smallest absolute Gasteiger partial charge is 0.244 e. The SMILES string of the molecule is COc1cccc2sc(N(Cc3ccccn3)C(=O)CS(=O)(=O)c3ccccc3)nc12. The Hall–Kier alpha value is -3.30. The summed E-state index contributed by atoms with van der Waals surface area (Å²) in [7, 11) is -2.25. The number of pyridine rings is 1. The van der Waals surface area contributed by atoms with Crippen LogP contribution in [0.3, 0.4) is 0 Å². The van der Waals surface area contributed by atoms with E-state index in [4.69, 9.17) is 4.74 Å². The molecule has 31 heavy (non-hydrogen) atoms. The Morgan fingerprint density at radius 1 is 1.03 bits per heavy atom. The molecule has 9 heteroatoms. The second-order valence-electron chi connectivity index (χ2n) is 6.68. The van der Waals surface area contributed by atoms with E-state index in [1.807, 2.05) is 18.2 Å². The molecule has 7 nitrogen and oxygen atoms in total. The second kappa shape index (κ2) is 8.83. The van der Waals surface area contributed by atoms with Crippen molar-refractivity contribution in [1.82, 2.24) is 9.97 Å². The minimum absolute atomic E-state index is 0.103. The lowest BCUT2D eigenvalue weighted by molar-refractivity contribution is -0.116. The van der Waals surface area contributed by atoms with Crippen LogP contribution in [0.1, 0.15) is 5.69 Å². The first-order valence-electron chi connectivity index (χ1n) is 9.39. The van der Waals surface area contributed by atoms with Crippen molar-refractivity contribution in [3.05, 3.63) is 78.6 Å². The molecular formula is C22H19N3O4S2. The minimum Gasteiger partial charge on any atom is -0.494 e. The third kappa shape index (κ3) is 4.57. The van der Waals surface area contributed by atoms with Crippen molar-refractivity contribution in [2.24, 2.45) is 0 Å². The first-order chi connectivity index (χ1) is 15.0. The van der Waals surface area contributed by atoms with Gasteiger partial charge in [0.2, 0.25) is 5.91 Å². The summed E-state index contributed by atoms with van der Waals surface area (Å²) in [4.78, 5) is 23.6. The Bertz CT molecular complexity index is 1310. The number of aromatic nitrogens is 2. The lowest BCUT2D eigenvalue weighted by atomic mass is 10.3. The summed E-state index contributed by atoms with van der Waals surface area (Å²) in [6.07, 6.45) is 1.63. The van der Waals surface area contributed by atoms with Gasteiger partial charge in [-0.2, -0.15) is 0 Å². The predicted molar refractivity (Wildman–Crippen MR) is 120 cm³/mol. The van der Waals surface area contributed by atoms with Gasteiger partial charge in [0.15, 0.2) is 15.0 Å². The highest BCUT2D eigenvalue weighted by Gasteiger charge is 2.27. The average molecular weight is 454 g/mol. The van der Waals surface area contributed by atoms with Gasteiger partial charge in [-0.15, -0.1) is 0 Å². The molecule has 0 aliphatic rings. The number of ether oxygens (including phenoxy) is 1. The molecule has 0 radical (unpaired) electrons. The molecule has 0 saturated heterocycles. The Morgan fingerprint density at radius 3 is 2.52 bits per heavy atom. The van der Waals surface area contributed by atoms with E-state index in [0.717, 1.165) is 4.70 Å². The maximum Gasteiger partial charge on any atom is 0.244 e. The normalized spacial score (nSPS) is 11.4. The molecule has 0 aliphatic heterocycles. The van der Waals surface area contributed by atoms with E-state index in [0.29, 0.717) is 22.1 Å². The van der Waals surface area contributed by atoms with E-state index in [-0.39, 0.29) is 11.4 Å². The van der Waals surface area contributed by atoms with Gasteiger partial charge in [0, 0.05) is 6.20 Å². The number of sulfone groups is 1. The fourth-order valence-electron chi connectivity index (χ4n) is 3.06. The van der Waals surface area contributed by atoms with Crippen LogP contribution in [0.4, 0.5) is 5.13 Å². The monoisotopic (exact) mass is 453 g/mol. The summed E-state index contributed by atoms with van der Waals surface area (Å²) in [5, 5.41) is 0.387. The van der Waals surface area contributed by atoms with Gasteiger partial charge in [-0.1, -0.05) is 41.7 Å². The summed E-state index contributed by atoms with van der Waals surface area (Å²) in [6.45, 7) is 0.103. The molecule has 0 N–H and O–H groups in total. The van der Waals surface area contributed by atoms with Crippen molar-refractivity contribution in [3.63, 3.8) is 0 Å². The Labute approximate surface area is 183 Å². The Kier molecular flexibility index (Phi) is 5.97. The maximum absolute atomic E-state index is 13.2. The molecular weight excluding hydrogens is 434 g/mol. The third-order valence-corrected chi connectivity index (χ3v) is 7.25. The topological polar surface area (TPSA) is 89.5 Å². The number of methoxy groups -OCH3 is 1. The van der Waals surface area contributed by atoms with Crippen LogP contribution in [-0.2, 0) is 21.2 Å². The average Bonchev–Trinajstić information content (AvgIpc) is 3.22. The predicted octanol–water partition coefficient (Wildman–Crippen LogP) is 3.71. The summed E-state index contributed by atoms with van der Waals surface area (Å²) >= 11 is 1.30. The number of nitrogens with zero attached hydrogens (tertiary/aromatic N) is 3. The fraction of sp³-hybridized carbons (Fsp3) is 0.136. The number of rotatable bonds is 7. The molecule has 158 valence electrons. The van der Waals surface area contributed by atoms with Crippen molar-refractivity contribution in [2.45, 2.75) is 11.4 Å². The van der Waals surface area contributed by atoms with Gasteiger partial charge in [-0.05, 0) is 36.4 Å². The summed E-state index contributed by atoms with van der Waals surface area (Å²) in [5.41, 5.74) is 1.24. The van der Waals surface area contributed by atoms with E-state index in [9.17, 15) is 13.2 Å². The largest absolute Gasteiger partial charge is 0.494 e. The third-order valence-electron chi connectivity index (χ3n) is 4.58. The molecule has 4 rings (SSSR count). The molecule has 2 aromatic carbocycles. The van der Waals surface area contributed by atoms with Crippen LogP contribution in [0.2, 0.25) is 0 Å². The van der Waals surface area contributed by atoms with E-state index < -0.39 is 21.5 Å². The number of fused-ring (bicyclic) bond motifs is 1. The zero-order chi connectivity index (χ0) is 21.8. The second-order valence-corrected chi connectivity index (χ2v) is 9.68. The number of para-hydroxylation sites is 1. The molecule has 0 aliphatic carbocycles. The standard InChI is InChI=1S/C22H19N3O4S2/c1-29-18-11-7-12-19-21(18)24-22(30-19)25(14-16-8-5-6-13-23-16)20(26)15-31(27,28)17-9-3-2-4-10-17/h2-13H,14-15H2,1H3. The highest BCUT2D eigenvalue weighted by atomic mass is 32.2. The van der Waals surface area contributed by atoms with Crippen molar-refractivity contribution in [2.75, 3.05) is 17.8 Å². The van der Waals surface area contributed by atoms with Crippen LogP contribution in [-0.4, -0.2) is 37.2 Å². The first-order valence-corrected chi connectivity index (χ1v) is 11.9. The van der Waals surface area contributed by atoms with Crippen LogP contribution >= 0.6 is 11.3 Å². The van der Waals surface area contributed by atoms with Crippen LogP contribution in [0.25, 0.3) is 10.2 Å². The number of benzene rings is 2. The van der Waals surface area contributed by atoms with Crippen LogP contribution in [0.5, 0.6) is 5.75 Å². The Balaban J connectivity index is 1.72. The van der Waals surface area contributed by atoms with Crippen molar-refractivity contribution < 1.29 is 17.9 Å². The molecule has 0 saturated carbocycles. The zero-order valence-corrected chi connectivity index (χ0v) is 18.3. The molecule has 2 aromatic heterocycles. The summed E-state index contributed by atoms with van der Waals surface area (Å²) in [6, 6.07) is 18.8. The molecule has 0 spiro atoms. The molecule has 4 aromatic rings. The number of anilines is 1. The number of carbonyl (C=O) groups is 1. The number of thiazole rings is 1. The van der Waals surface area contributed by atoms with E-state index in [1.54, 1.807) is 49.7 Å². The quantitative estimate of drug-likeness (QED) is 0.424. The van der Waals surface area contributed by atoms with Gasteiger partial charge in [0.1, 0.15) is 17.0 Å². The van der Waals surface area contributed by atoms with Crippen molar-refractivity contribution in [3.8, 4) is 5.75 Å².